The molecule has 0 fully saturated rings. The number of aryl methyl sites for hydroxylation is 1. The Hall–Kier alpha value is -3.35. The number of carbonyl (C=O) groups is 1. The van der Waals surface area contributed by atoms with Crippen LogP contribution in [0.3, 0.4) is 0 Å². The fourth-order valence-corrected chi connectivity index (χ4v) is 2.82. The van der Waals surface area contributed by atoms with Crippen LogP contribution in [0.2, 0.25) is 0 Å². The van der Waals surface area contributed by atoms with Crippen molar-refractivity contribution in [1.29, 1.82) is 0 Å². The largest absolute Gasteiger partial charge is 0.486 e. The van der Waals surface area contributed by atoms with E-state index in [-0.39, 0.29) is 24.0 Å². The number of rotatable bonds is 4. The number of oxazole rings is 1. The third-order valence-electron chi connectivity index (χ3n) is 4.12. The highest BCUT2D eigenvalue weighted by atomic mass is 19.1. The number of aromatic nitrogens is 1. The molecule has 27 heavy (non-hydrogen) atoms. The highest BCUT2D eigenvalue weighted by Gasteiger charge is 2.17. The zero-order valence-electron chi connectivity index (χ0n) is 14.6. The van der Waals surface area contributed by atoms with Crippen molar-refractivity contribution < 1.29 is 23.1 Å². The van der Waals surface area contributed by atoms with E-state index in [4.69, 9.17) is 13.9 Å². The van der Waals surface area contributed by atoms with Gasteiger partial charge in [-0.3, -0.25) is 4.79 Å². The van der Waals surface area contributed by atoms with E-state index in [1.165, 1.54) is 12.1 Å². The average Bonchev–Trinajstić information content (AvgIpc) is 3.02. The first-order valence-electron chi connectivity index (χ1n) is 8.50. The molecule has 0 saturated heterocycles. The minimum Gasteiger partial charge on any atom is -0.486 e. The molecule has 0 atom stereocenters. The van der Waals surface area contributed by atoms with Crippen LogP contribution in [0.25, 0.3) is 11.5 Å². The van der Waals surface area contributed by atoms with Crippen LogP contribution in [-0.4, -0.2) is 24.1 Å². The number of benzene rings is 2. The van der Waals surface area contributed by atoms with Gasteiger partial charge in [-0.1, -0.05) is 6.07 Å². The minimum absolute atomic E-state index is 0.0408. The number of nitrogens with one attached hydrogen (secondary N) is 1. The standard InChI is InChI=1S/C20H17FN2O4/c1-12-16(23-20(27-12)13-3-2-4-14(21)9-13)11-19(24)22-15-5-6-17-18(10-15)26-8-7-25-17/h2-6,9-10H,7-8,11H2,1H3,(H,22,24). The van der Waals surface area contributed by atoms with E-state index < -0.39 is 0 Å². The number of ether oxygens (including phenoxy) is 2. The Labute approximate surface area is 154 Å². The van der Waals surface area contributed by atoms with E-state index in [2.05, 4.69) is 10.3 Å². The van der Waals surface area contributed by atoms with Gasteiger partial charge in [0, 0.05) is 17.3 Å². The quantitative estimate of drug-likeness (QED) is 0.759. The summed E-state index contributed by atoms with van der Waals surface area (Å²) in [6, 6.07) is 11.2. The molecule has 1 aromatic heterocycles. The van der Waals surface area contributed by atoms with Gasteiger partial charge in [0.25, 0.3) is 0 Å². The summed E-state index contributed by atoms with van der Waals surface area (Å²) in [5.74, 6) is 1.45. The number of carbonyl (C=O) groups excluding carboxylic acids is 1. The molecule has 0 saturated carbocycles. The second-order valence-corrected chi connectivity index (χ2v) is 6.12. The third-order valence-corrected chi connectivity index (χ3v) is 4.12. The van der Waals surface area contributed by atoms with Gasteiger partial charge in [-0.25, -0.2) is 9.37 Å². The first-order chi connectivity index (χ1) is 13.1. The van der Waals surface area contributed by atoms with E-state index in [9.17, 15) is 9.18 Å². The Morgan fingerprint density at radius 2 is 1.96 bits per heavy atom. The van der Waals surface area contributed by atoms with Crippen LogP contribution in [0.5, 0.6) is 11.5 Å². The van der Waals surface area contributed by atoms with Gasteiger partial charge in [-0.2, -0.15) is 0 Å². The SMILES string of the molecule is Cc1oc(-c2cccc(F)c2)nc1CC(=O)Nc1ccc2c(c1)OCCO2. The maximum absolute atomic E-state index is 13.4. The van der Waals surface area contributed by atoms with Gasteiger partial charge >= 0.3 is 0 Å². The molecule has 0 unspecified atom stereocenters. The van der Waals surface area contributed by atoms with E-state index in [0.29, 0.717) is 47.4 Å². The predicted molar refractivity (Wildman–Crippen MR) is 96.4 cm³/mol. The molecule has 6 nitrogen and oxygen atoms in total. The number of nitrogens with zero attached hydrogens (tertiary/aromatic N) is 1. The minimum atomic E-state index is -0.374. The number of anilines is 1. The van der Waals surface area contributed by atoms with Gasteiger partial charge in [0.15, 0.2) is 11.5 Å². The second-order valence-electron chi connectivity index (χ2n) is 6.12. The van der Waals surface area contributed by atoms with E-state index >= 15 is 0 Å². The predicted octanol–water partition coefficient (Wildman–Crippen LogP) is 3.74. The fraction of sp³-hybridized carbons (Fsp3) is 0.200. The normalized spacial score (nSPS) is 12.7. The summed E-state index contributed by atoms with van der Waals surface area (Å²) in [7, 11) is 0. The van der Waals surface area contributed by atoms with Gasteiger partial charge in [0.2, 0.25) is 11.8 Å². The Bertz CT molecular complexity index is 999. The van der Waals surface area contributed by atoms with Crippen molar-refractivity contribution in [2.45, 2.75) is 13.3 Å². The molecule has 2 aromatic carbocycles. The number of fused-ring (bicyclic) bond motifs is 1. The van der Waals surface area contributed by atoms with Crippen LogP contribution in [-0.2, 0) is 11.2 Å². The van der Waals surface area contributed by atoms with Gasteiger partial charge in [-0.15, -0.1) is 0 Å². The monoisotopic (exact) mass is 368 g/mol. The molecule has 7 heteroatoms. The Morgan fingerprint density at radius 1 is 1.15 bits per heavy atom. The van der Waals surface area contributed by atoms with Crippen LogP contribution in [0.4, 0.5) is 10.1 Å². The van der Waals surface area contributed by atoms with E-state index in [0.717, 1.165) is 0 Å². The van der Waals surface area contributed by atoms with Crippen molar-refractivity contribution in [3.8, 4) is 23.0 Å². The molecule has 138 valence electrons. The summed E-state index contributed by atoms with van der Waals surface area (Å²) in [6.45, 7) is 2.71. The highest BCUT2D eigenvalue weighted by molar-refractivity contribution is 5.92. The smallest absolute Gasteiger partial charge is 0.230 e. The van der Waals surface area contributed by atoms with Gasteiger partial charge in [0.05, 0.1) is 12.1 Å². The van der Waals surface area contributed by atoms with Crippen LogP contribution >= 0.6 is 0 Å². The zero-order valence-corrected chi connectivity index (χ0v) is 14.6. The third kappa shape index (κ3) is 3.76. The maximum atomic E-state index is 13.4. The topological polar surface area (TPSA) is 73.6 Å². The lowest BCUT2D eigenvalue weighted by atomic mass is 10.2. The lowest BCUT2D eigenvalue weighted by Gasteiger charge is -2.18. The average molecular weight is 368 g/mol. The number of halogens is 1. The summed E-state index contributed by atoms with van der Waals surface area (Å²) in [5.41, 5.74) is 1.64. The van der Waals surface area contributed by atoms with E-state index in [1.807, 2.05) is 0 Å². The number of hydrogen-bond acceptors (Lipinski definition) is 5. The molecular formula is C20H17FN2O4. The summed E-state index contributed by atoms with van der Waals surface area (Å²) >= 11 is 0. The molecule has 0 aliphatic carbocycles. The molecule has 1 aliphatic rings. The molecule has 0 spiro atoms. The lowest BCUT2D eigenvalue weighted by molar-refractivity contribution is -0.115. The summed E-state index contributed by atoms with van der Waals surface area (Å²) in [5, 5.41) is 2.81. The van der Waals surface area contributed by atoms with Crippen molar-refractivity contribution in [3.05, 3.63) is 59.7 Å². The number of hydrogen-bond donors (Lipinski definition) is 1. The van der Waals surface area contributed by atoms with Crippen molar-refractivity contribution in [2.24, 2.45) is 0 Å². The molecule has 0 radical (unpaired) electrons. The first-order valence-corrected chi connectivity index (χ1v) is 8.50. The highest BCUT2D eigenvalue weighted by Crippen LogP contribution is 2.32. The van der Waals surface area contributed by atoms with Gasteiger partial charge in [-0.05, 0) is 37.3 Å². The van der Waals surface area contributed by atoms with Crippen molar-refractivity contribution in [2.75, 3.05) is 18.5 Å². The molecule has 3 aromatic rings. The summed E-state index contributed by atoms with van der Waals surface area (Å²) in [4.78, 5) is 16.7. The molecule has 0 bridgehead atoms. The summed E-state index contributed by atoms with van der Waals surface area (Å²) in [6.07, 6.45) is 0.0408. The van der Waals surface area contributed by atoms with Crippen molar-refractivity contribution in [1.82, 2.24) is 4.98 Å². The Kier molecular flexibility index (Phi) is 4.50. The Balaban J connectivity index is 1.47. The molecule has 4 rings (SSSR count). The molecule has 1 amide bonds. The van der Waals surface area contributed by atoms with Crippen LogP contribution < -0.4 is 14.8 Å². The van der Waals surface area contributed by atoms with Crippen molar-refractivity contribution in [3.63, 3.8) is 0 Å². The second kappa shape index (κ2) is 7.11. The van der Waals surface area contributed by atoms with Crippen LogP contribution in [0.15, 0.2) is 46.9 Å². The fourth-order valence-electron chi connectivity index (χ4n) is 2.82. The zero-order chi connectivity index (χ0) is 18.8. The lowest BCUT2D eigenvalue weighted by Crippen LogP contribution is -2.17. The maximum Gasteiger partial charge on any atom is 0.230 e. The Morgan fingerprint density at radius 3 is 2.78 bits per heavy atom. The molecule has 2 heterocycles. The van der Waals surface area contributed by atoms with Crippen LogP contribution in [0.1, 0.15) is 11.5 Å². The van der Waals surface area contributed by atoms with E-state index in [1.54, 1.807) is 37.3 Å². The van der Waals surface area contributed by atoms with Gasteiger partial charge < -0.3 is 19.2 Å². The molecule has 1 N–H and O–H groups in total. The molecule has 1 aliphatic heterocycles. The van der Waals surface area contributed by atoms with Gasteiger partial charge in [0.1, 0.15) is 24.8 Å². The van der Waals surface area contributed by atoms with Crippen LogP contribution in [0, 0.1) is 12.7 Å². The molecular weight excluding hydrogens is 351 g/mol. The van der Waals surface area contributed by atoms with Crippen molar-refractivity contribution >= 4 is 11.6 Å². The number of amides is 1. The summed E-state index contributed by atoms with van der Waals surface area (Å²) < 4.78 is 29.9. The first kappa shape index (κ1) is 17.1.